The predicted octanol–water partition coefficient (Wildman–Crippen LogP) is 2.98. The van der Waals surface area contributed by atoms with Gasteiger partial charge in [-0.1, -0.05) is 18.2 Å². The lowest BCUT2D eigenvalue weighted by Crippen LogP contribution is -2.07. The Kier molecular flexibility index (Phi) is 3.38. The third-order valence-corrected chi connectivity index (χ3v) is 4.00. The van der Waals surface area contributed by atoms with Gasteiger partial charge in [0.15, 0.2) is 0 Å². The van der Waals surface area contributed by atoms with Gasteiger partial charge < -0.3 is 5.32 Å². The lowest BCUT2D eigenvalue weighted by atomic mass is 9.89. The Balaban J connectivity index is 2.04. The van der Waals surface area contributed by atoms with Gasteiger partial charge in [-0.25, -0.2) is 0 Å². The third-order valence-electron chi connectivity index (χ3n) is 4.00. The average Bonchev–Trinajstić information content (AvgIpc) is 2.80. The molecular weight excluding hydrogens is 234 g/mol. The van der Waals surface area contributed by atoms with Crippen LogP contribution in [0.1, 0.15) is 35.4 Å². The molecule has 0 aliphatic heterocycles. The first-order valence-corrected chi connectivity index (χ1v) is 7.10. The third kappa shape index (κ3) is 2.30. The fourth-order valence-corrected chi connectivity index (χ4v) is 3.05. The number of benzene rings is 1. The van der Waals surface area contributed by atoms with Crippen LogP contribution in [0.4, 0.5) is 0 Å². The second-order valence-electron chi connectivity index (χ2n) is 5.39. The zero-order valence-corrected chi connectivity index (χ0v) is 11.7. The molecule has 0 fully saturated rings. The minimum atomic E-state index is 0.802. The van der Waals surface area contributed by atoms with Crippen LogP contribution in [0, 0.1) is 6.92 Å². The molecular formula is C16H21N3. The van der Waals surface area contributed by atoms with E-state index < -0.39 is 0 Å². The molecule has 0 atom stereocenters. The zero-order valence-electron chi connectivity index (χ0n) is 11.7. The number of hydrogen-bond donors (Lipinski definition) is 2. The molecule has 2 aromatic rings. The van der Waals surface area contributed by atoms with Crippen LogP contribution >= 0.6 is 0 Å². The van der Waals surface area contributed by atoms with Crippen molar-refractivity contribution in [3.8, 4) is 11.1 Å². The highest BCUT2D eigenvalue weighted by molar-refractivity contribution is 5.69. The van der Waals surface area contributed by atoms with Crippen LogP contribution in [0.2, 0.25) is 0 Å². The van der Waals surface area contributed by atoms with E-state index >= 15 is 0 Å². The van der Waals surface area contributed by atoms with E-state index in [-0.39, 0.29) is 0 Å². The molecule has 0 amide bonds. The molecule has 2 N–H and O–H groups in total. The topological polar surface area (TPSA) is 40.7 Å². The number of H-pyrrole nitrogens is 1. The van der Waals surface area contributed by atoms with Gasteiger partial charge in [-0.2, -0.15) is 5.10 Å². The number of nitrogens with one attached hydrogen (secondary N) is 2. The first kappa shape index (κ1) is 12.4. The Morgan fingerprint density at radius 3 is 2.79 bits per heavy atom. The minimum Gasteiger partial charge on any atom is -0.314 e. The summed E-state index contributed by atoms with van der Waals surface area (Å²) in [5.41, 5.74) is 7.89. The van der Waals surface area contributed by atoms with Crippen LogP contribution < -0.4 is 5.32 Å². The van der Waals surface area contributed by atoms with Gasteiger partial charge in [0.25, 0.3) is 0 Å². The summed E-state index contributed by atoms with van der Waals surface area (Å²) >= 11 is 0. The van der Waals surface area contributed by atoms with Crippen molar-refractivity contribution in [1.82, 2.24) is 15.5 Å². The van der Waals surface area contributed by atoms with Crippen molar-refractivity contribution in [2.45, 2.75) is 39.2 Å². The summed E-state index contributed by atoms with van der Waals surface area (Å²) in [6, 6.07) is 6.92. The monoisotopic (exact) mass is 255 g/mol. The molecule has 0 saturated carbocycles. The normalized spacial score (nSPS) is 14.4. The fourth-order valence-electron chi connectivity index (χ4n) is 3.05. The number of aromatic amines is 1. The average molecular weight is 255 g/mol. The molecule has 1 aromatic carbocycles. The molecule has 0 spiro atoms. The molecule has 0 bridgehead atoms. The summed E-state index contributed by atoms with van der Waals surface area (Å²) in [5, 5.41) is 10.7. The number of aryl methyl sites for hydroxylation is 3. The van der Waals surface area contributed by atoms with E-state index in [0.717, 1.165) is 17.9 Å². The van der Waals surface area contributed by atoms with E-state index in [9.17, 15) is 0 Å². The standard InChI is InChI=1S/C16H21N3/c1-11-16(15(10-17-2)19-18-11)14-8-7-12-5-3-4-6-13(12)9-14/h7-9,17H,3-6,10H2,1-2H3,(H,18,19). The van der Waals surface area contributed by atoms with E-state index in [2.05, 4.69) is 40.6 Å². The maximum absolute atomic E-state index is 4.41. The van der Waals surface area contributed by atoms with Gasteiger partial charge in [0.1, 0.15) is 0 Å². The van der Waals surface area contributed by atoms with E-state index in [4.69, 9.17) is 0 Å². The summed E-state index contributed by atoms with van der Waals surface area (Å²) in [7, 11) is 1.96. The van der Waals surface area contributed by atoms with Gasteiger partial charge in [0, 0.05) is 17.8 Å². The highest BCUT2D eigenvalue weighted by atomic mass is 15.1. The number of aromatic nitrogens is 2. The first-order chi connectivity index (χ1) is 9.29. The maximum atomic E-state index is 4.41. The van der Waals surface area contributed by atoms with Crippen molar-refractivity contribution in [3.63, 3.8) is 0 Å². The van der Waals surface area contributed by atoms with Crippen molar-refractivity contribution in [2.24, 2.45) is 0 Å². The minimum absolute atomic E-state index is 0.802. The molecule has 1 heterocycles. The summed E-state index contributed by atoms with van der Waals surface area (Å²) in [6.07, 6.45) is 5.12. The van der Waals surface area contributed by atoms with Gasteiger partial charge in [-0.05, 0) is 56.3 Å². The molecule has 0 saturated heterocycles. The molecule has 3 heteroatoms. The Bertz CT molecular complexity index is 584. The first-order valence-electron chi connectivity index (χ1n) is 7.10. The van der Waals surface area contributed by atoms with Gasteiger partial charge in [-0.15, -0.1) is 0 Å². The molecule has 1 aliphatic rings. The number of rotatable bonds is 3. The van der Waals surface area contributed by atoms with Crippen LogP contribution in [0.15, 0.2) is 18.2 Å². The van der Waals surface area contributed by atoms with Crippen molar-refractivity contribution in [1.29, 1.82) is 0 Å². The number of nitrogens with zero attached hydrogens (tertiary/aromatic N) is 1. The SMILES string of the molecule is CNCc1n[nH]c(C)c1-c1ccc2c(c1)CCCC2. The van der Waals surface area contributed by atoms with E-state index in [1.807, 2.05) is 7.05 Å². The largest absolute Gasteiger partial charge is 0.314 e. The van der Waals surface area contributed by atoms with Crippen LogP contribution in [0.25, 0.3) is 11.1 Å². The van der Waals surface area contributed by atoms with Crippen LogP contribution in [-0.4, -0.2) is 17.2 Å². The lowest BCUT2D eigenvalue weighted by molar-refractivity contribution is 0.686. The van der Waals surface area contributed by atoms with E-state index in [1.165, 1.54) is 47.9 Å². The Morgan fingerprint density at radius 2 is 2.00 bits per heavy atom. The predicted molar refractivity (Wildman–Crippen MR) is 78.2 cm³/mol. The Hall–Kier alpha value is -1.61. The van der Waals surface area contributed by atoms with E-state index in [0.29, 0.717) is 0 Å². The van der Waals surface area contributed by atoms with Crippen LogP contribution in [0.3, 0.4) is 0 Å². The molecule has 0 radical (unpaired) electrons. The van der Waals surface area contributed by atoms with E-state index in [1.54, 1.807) is 0 Å². The maximum Gasteiger partial charge on any atom is 0.0840 e. The van der Waals surface area contributed by atoms with Gasteiger partial charge in [-0.3, -0.25) is 5.10 Å². The highest BCUT2D eigenvalue weighted by Gasteiger charge is 2.15. The number of hydrogen-bond acceptors (Lipinski definition) is 2. The summed E-state index contributed by atoms with van der Waals surface area (Å²) in [4.78, 5) is 0. The molecule has 3 rings (SSSR count). The fraction of sp³-hybridized carbons (Fsp3) is 0.438. The molecule has 1 aromatic heterocycles. The Morgan fingerprint density at radius 1 is 1.21 bits per heavy atom. The summed E-state index contributed by atoms with van der Waals surface area (Å²) in [6.45, 7) is 2.90. The molecule has 1 aliphatic carbocycles. The van der Waals surface area contributed by atoms with Crippen molar-refractivity contribution in [3.05, 3.63) is 40.7 Å². The second-order valence-corrected chi connectivity index (χ2v) is 5.39. The molecule has 19 heavy (non-hydrogen) atoms. The number of fused-ring (bicyclic) bond motifs is 1. The van der Waals surface area contributed by atoms with Gasteiger partial charge >= 0.3 is 0 Å². The van der Waals surface area contributed by atoms with Gasteiger partial charge in [0.2, 0.25) is 0 Å². The Labute approximate surface area is 114 Å². The van der Waals surface area contributed by atoms with Crippen LogP contribution in [0.5, 0.6) is 0 Å². The van der Waals surface area contributed by atoms with Gasteiger partial charge in [0.05, 0.1) is 5.69 Å². The van der Waals surface area contributed by atoms with Crippen LogP contribution in [-0.2, 0) is 19.4 Å². The molecule has 3 nitrogen and oxygen atoms in total. The lowest BCUT2D eigenvalue weighted by Gasteiger charge is -2.17. The smallest absolute Gasteiger partial charge is 0.0840 e. The highest BCUT2D eigenvalue weighted by Crippen LogP contribution is 2.30. The molecule has 0 unspecified atom stereocenters. The molecule has 100 valence electrons. The zero-order chi connectivity index (χ0) is 13.2. The second kappa shape index (κ2) is 5.17. The summed E-state index contributed by atoms with van der Waals surface area (Å²) in [5.74, 6) is 0. The van der Waals surface area contributed by atoms with Crippen molar-refractivity contribution in [2.75, 3.05) is 7.05 Å². The van der Waals surface area contributed by atoms with Crippen molar-refractivity contribution >= 4 is 0 Å². The summed E-state index contributed by atoms with van der Waals surface area (Å²) < 4.78 is 0. The quantitative estimate of drug-likeness (QED) is 0.885. The van der Waals surface area contributed by atoms with Crippen molar-refractivity contribution < 1.29 is 0 Å².